The van der Waals surface area contributed by atoms with Crippen LogP contribution in [0.2, 0.25) is 0 Å². The molecule has 0 bridgehead atoms. The van der Waals surface area contributed by atoms with Crippen molar-refractivity contribution >= 4 is 26.5 Å². The van der Waals surface area contributed by atoms with Crippen molar-refractivity contribution < 1.29 is 13.2 Å². The van der Waals surface area contributed by atoms with Crippen LogP contribution in [0.4, 0.5) is 5.69 Å². The monoisotopic (exact) mass is 367 g/mol. The largest absolute Gasteiger partial charge is 0.494 e. The molecule has 0 heterocycles. The van der Waals surface area contributed by atoms with Crippen molar-refractivity contribution in [2.75, 3.05) is 17.5 Å². The minimum atomic E-state index is -3.71. The van der Waals surface area contributed by atoms with Crippen LogP contribution in [0.5, 0.6) is 5.75 Å². The summed E-state index contributed by atoms with van der Waals surface area (Å²) in [6.07, 6.45) is 1.58. The van der Waals surface area contributed by atoms with E-state index in [4.69, 9.17) is 4.74 Å². The van der Waals surface area contributed by atoms with Crippen molar-refractivity contribution in [2.24, 2.45) is 0 Å². The van der Waals surface area contributed by atoms with Crippen molar-refractivity contribution in [1.29, 1.82) is 0 Å². The number of nitrogens with zero attached hydrogens (tertiary/aromatic N) is 1. The normalized spacial score (nSPS) is 11.3. The minimum absolute atomic E-state index is 0.184. The zero-order valence-corrected chi connectivity index (χ0v) is 15.4. The number of anilines is 1. The van der Waals surface area contributed by atoms with Crippen LogP contribution in [0, 0.1) is 0 Å². The van der Waals surface area contributed by atoms with Gasteiger partial charge in [-0.05, 0) is 54.1 Å². The summed E-state index contributed by atoms with van der Waals surface area (Å²) in [6.45, 7) is 6.35. The van der Waals surface area contributed by atoms with Gasteiger partial charge in [0.25, 0.3) is 10.0 Å². The molecule has 0 radical (unpaired) electrons. The molecule has 0 fully saturated rings. The predicted octanol–water partition coefficient (Wildman–Crippen LogP) is 4.62. The van der Waals surface area contributed by atoms with Crippen LogP contribution < -0.4 is 9.04 Å². The van der Waals surface area contributed by atoms with Gasteiger partial charge in [0, 0.05) is 0 Å². The topological polar surface area (TPSA) is 46.6 Å². The van der Waals surface area contributed by atoms with Gasteiger partial charge in [0.2, 0.25) is 0 Å². The molecule has 0 unspecified atom stereocenters. The van der Waals surface area contributed by atoms with Gasteiger partial charge in [-0.25, -0.2) is 8.42 Å². The van der Waals surface area contributed by atoms with E-state index in [2.05, 4.69) is 6.58 Å². The second-order valence-corrected chi connectivity index (χ2v) is 7.62. The second-order valence-electron chi connectivity index (χ2n) is 5.76. The number of benzene rings is 3. The fourth-order valence-corrected chi connectivity index (χ4v) is 4.26. The molecule has 0 aliphatic carbocycles. The third kappa shape index (κ3) is 3.58. The number of fused-ring (bicyclic) bond motifs is 1. The average Bonchev–Trinajstić information content (AvgIpc) is 2.66. The molecule has 0 N–H and O–H groups in total. The Morgan fingerprint density at radius 1 is 1.00 bits per heavy atom. The predicted molar refractivity (Wildman–Crippen MR) is 106 cm³/mol. The van der Waals surface area contributed by atoms with Crippen molar-refractivity contribution in [3.05, 3.63) is 79.4 Å². The molecule has 0 aliphatic rings. The Morgan fingerprint density at radius 3 is 2.35 bits per heavy atom. The summed E-state index contributed by atoms with van der Waals surface area (Å²) in [5.41, 5.74) is 0.571. The first-order valence-electron chi connectivity index (χ1n) is 8.41. The molecule has 4 nitrogen and oxygen atoms in total. The van der Waals surface area contributed by atoms with E-state index >= 15 is 0 Å². The molecular formula is C21H21NO3S. The van der Waals surface area contributed by atoms with Gasteiger partial charge in [-0.15, -0.1) is 6.58 Å². The van der Waals surface area contributed by atoms with Crippen LogP contribution in [0.3, 0.4) is 0 Å². The quantitative estimate of drug-likeness (QED) is 0.573. The van der Waals surface area contributed by atoms with Crippen molar-refractivity contribution in [3.8, 4) is 5.75 Å². The summed E-state index contributed by atoms with van der Waals surface area (Å²) >= 11 is 0. The molecule has 134 valence electrons. The lowest BCUT2D eigenvalue weighted by atomic mass is 10.1. The molecule has 0 saturated heterocycles. The third-order valence-electron chi connectivity index (χ3n) is 4.04. The Labute approximate surface area is 154 Å². The lowest BCUT2D eigenvalue weighted by Crippen LogP contribution is -2.31. The molecule has 3 aromatic carbocycles. The van der Waals surface area contributed by atoms with E-state index in [-0.39, 0.29) is 11.4 Å². The van der Waals surface area contributed by atoms with Gasteiger partial charge < -0.3 is 4.74 Å². The Kier molecular flexibility index (Phi) is 5.28. The maximum absolute atomic E-state index is 13.2. The first-order chi connectivity index (χ1) is 12.6. The second kappa shape index (κ2) is 7.62. The highest BCUT2D eigenvalue weighted by atomic mass is 32.2. The van der Waals surface area contributed by atoms with E-state index in [1.54, 1.807) is 42.5 Å². The lowest BCUT2D eigenvalue weighted by Gasteiger charge is -2.23. The number of sulfonamides is 1. The fraction of sp³-hybridized carbons (Fsp3) is 0.143. The number of hydrogen-bond acceptors (Lipinski definition) is 3. The number of rotatable bonds is 7. The lowest BCUT2D eigenvalue weighted by molar-refractivity contribution is 0.340. The Hall–Kier alpha value is -2.79. The molecule has 3 aromatic rings. The van der Waals surface area contributed by atoms with E-state index in [1.165, 1.54) is 4.31 Å². The van der Waals surface area contributed by atoms with E-state index in [9.17, 15) is 8.42 Å². The summed E-state index contributed by atoms with van der Waals surface area (Å²) < 4.78 is 33.2. The van der Waals surface area contributed by atoms with Gasteiger partial charge in [0.15, 0.2) is 0 Å². The standard InChI is InChI=1S/C21H21NO3S/c1-3-15-22(19-10-12-20(13-11-19)25-4-2)26(23,24)21-14-9-17-7-5-6-8-18(17)16-21/h3,5-14,16H,1,4,15H2,2H3. The van der Waals surface area contributed by atoms with Gasteiger partial charge in [-0.1, -0.05) is 36.4 Å². The molecule has 26 heavy (non-hydrogen) atoms. The maximum Gasteiger partial charge on any atom is 0.264 e. The molecular weight excluding hydrogens is 346 g/mol. The Balaban J connectivity index is 2.02. The summed E-state index contributed by atoms with van der Waals surface area (Å²) in [6, 6.07) is 19.9. The van der Waals surface area contributed by atoms with Crippen LogP contribution >= 0.6 is 0 Å². The van der Waals surface area contributed by atoms with E-state index < -0.39 is 10.0 Å². The minimum Gasteiger partial charge on any atom is -0.494 e. The van der Waals surface area contributed by atoms with Crippen molar-refractivity contribution in [2.45, 2.75) is 11.8 Å². The maximum atomic E-state index is 13.2. The average molecular weight is 367 g/mol. The highest BCUT2D eigenvalue weighted by Crippen LogP contribution is 2.27. The highest BCUT2D eigenvalue weighted by molar-refractivity contribution is 7.92. The molecule has 3 rings (SSSR count). The smallest absolute Gasteiger partial charge is 0.264 e. The van der Waals surface area contributed by atoms with E-state index in [0.29, 0.717) is 18.0 Å². The van der Waals surface area contributed by atoms with Gasteiger partial charge in [0.05, 0.1) is 23.7 Å². The zero-order valence-electron chi connectivity index (χ0n) is 14.6. The van der Waals surface area contributed by atoms with Gasteiger partial charge >= 0.3 is 0 Å². The van der Waals surface area contributed by atoms with E-state index in [0.717, 1.165) is 10.8 Å². The SMILES string of the molecule is C=CCN(c1ccc(OCC)cc1)S(=O)(=O)c1ccc2ccccc2c1. The Morgan fingerprint density at radius 2 is 1.69 bits per heavy atom. The number of ether oxygens (including phenoxy) is 1. The first-order valence-corrected chi connectivity index (χ1v) is 9.85. The van der Waals surface area contributed by atoms with Gasteiger partial charge in [-0.2, -0.15) is 0 Å². The third-order valence-corrected chi connectivity index (χ3v) is 5.83. The molecule has 0 spiro atoms. The van der Waals surface area contributed by atoms with Gasteiger partial charge in [0.1, 0.15) is 5.75 Å². The van der Waals surface area contributed by atoms with Crippen LogP contribution in [-0.4, -0.2) is 21.6 Å². The first kappa shape index (κ1) is 18.0. The summed E-state index contributed by atoms with van der Waals surface area (Å²) in [5.74, 6) is 0.706. The van der Waals surface area contributed by atoms with Crippen LogP contribution in [0.15, 0.2) is 84.3 Å². The van der Waals surface area contributed by atoms with Crippen molar-refractivity contribution in [1.82, 2.24) is 0 Å². The molecule has 0 aliphatic heterocycles. The summed E-state index contributed by atoms with van der Waals surface area (Å²) in [7, 11) is -3.71. The fourth-order valence-electron chi connectivity index (χ4n) is 2.79. The number of hydrogen-bond donors (Lipinski definition) is 0. The van der Waals surface area contributed by atoms with Crippen LogP contribution in [0.1, 0.15) is 6.92 Å². The van der Waals surface area contributed by atoms with Crippen LogP contribution in [0.25, 0.3) is 10.8 Å². The van der Waals surface area contributed by atoms with Gasteiger partial charge in [-0.3, -0.25) is 4.31 Å². The zero-order chi connectivity index (χ0) is 18.6. The molecule has 0 amide bonds. The highest BCUT2D eigenvalue weighted by Gasteiger charge is 2.24. The molecule has 0 atom stereocenters. The molecule has 5 heteroatoms. The van der Waals surface area contributed by atoms with Crippen molar-refractivity contribution in [3.63, 3.8) is 0 Å². The molecule has 0 aromatic heterocycles. The Bertz CT molecular complexity index is 1010. The summed E-state index contributed by atoms with van der Waals surface area (Å²) in [4.78, 5) is 0.256. The summed E-state index contributed by atoms with van der Waals surface area (Å²) in [5, 5.41) is 1.89. The van der Waals surface area contributed by atoms with E-state index in [1.807, 2.05) is 37.3 Å². The van der Waals surface area contributed by atoms with Crippen LogP contribution in [-0.2, 0) is 10.0 Å². The molecule has 0 saturated carbocycles.